The van der Waals surface area contributed by atoms with E-state index in [1.165, 1.54) is 44.2 Å². The van der Waals surface area contributed by atoms with Crippen LogP contribution >= 0.6 is 0 Å². The second kappa shape index (κ2) is 11.2. The third-order valence-electron chi connectivity index (χ3n) is 5.25. The molecule has 0 unspecified atom stereocenters. The smallest absolute Gasteiger partial charge is 0.304 e. The normalized spacial score (nSPS) is 12.3. The molecule has 0 aliphatic rings. The van der Waals surface area contributed by atoms with E-state index in [2.05, 4.69) is 5.32 Å². The van der Waals surface area contributed by atoms with Crippen LogP contribution in [0.25, 0.3) is 0 Å². The summed E-state index contributed by atoms with van der Waals surface area (Å²) in [6, 6.07) is 12.0. The molecule has 8 nitrogen and oxygen atoms in total. The lowest BCUT2D eigenvalue weighted by molar-refractivity contribution is -0.140. The SMILES string of the molecule is CC[C@H](C(=O)NC)N(Cc1ccc(C)cc1)C(=O)CN(c1ccccc1F)S(=O)(=O)N(C)C. The number of carbonyl (C=O) groups is 2. The number of nitrogens with zero attached hydrogens (tertiary/aromatic N) is 3. The largest absolute Gasteiger partial charge is 0.357 e. The Morgan fingerprint density at radius 3 is 2.18 bits per heavy atom. The molecule has 0 radical (unpaired) electrons. The highest BCUT2D eigenvalue weighted by molar-refractivity contribution is 7.90. The fourth-order valence-electron chi connectivity index (χ4n) is 3.33. The lowest BCUT2D eigenvalue weighted by Gasteiger charge is -2.33. The van der Waals surface area contributed by atoms with Crippen molar-refractivity contribution in [1.29, 1.82) is 0 Å². The molecule has 0 fully saturated rings. The summed E-state index contributed by atoms with van der Waals surface area (Å²) >= 11 is 0. The predicted molar refractivity (Wildman–Crippen MR) is 126 cm³/mol. The van der Waals surface area contributed by atoms with Crippen LogP contribution in [-0.4, -0.2) is 63.2 Å². The number of halogens is 1. The van der Waals surface area contributed by atoms with E-state index in [0.717, 1.165) is 25.8 Å². The zero-order chi connectivity index (χ0) is 24.8. The van der Waals surface area contributed by atoms with Crippen LogP contribution < -0.4 is 9.62 Å². The minimum Gasteiger partial charge on any atom is -0.357 e. The highest BCUT2D eigenvalue weighted by Gasteiger charge is 2.34. The van der Waals surface area contributed by atoms with Gasteiger partial charge in [-0.2, -0.15) is 12.7 Å². The van der Waals surface area contributed by atoms with Crippen LogP contribution in [0, 0.1) is 12.7 Å². The van der Waals surface area contributed by atoms with Gasteiger partial charge in [0.1, 0.15) is 18.4 Å². The van der Waals surface area contributed by atoms with Gasteiger partial charge in [0, 0.05) is 27.7 Å². The Kier molecular flexibility index (Phi) is 8.95. The molecular formula is C23H31FN4O4S. The van der Waals surface area contributed by atoms with E-state index < -0.39 is 34.5 Å². The van der Waals surface area contributed by atoms with Crippen LogP contribution in [0.15, 0.2) is 48.5 Å². The molecule has 2 rings (SSSR count). The molecule has 2 aromatic rings. The first-order valence-electron chi connectivity index (χ1n) is 10.5. The summed E-state index contributed by atoms with van der Waals surface area (Å²) in [5.74, 6) is -1.77. The molecule has 0 heterocycles. The second-order valence-corrected chi connectivity index (χ2v) is 9.86. The van der Waals surface area contributed by atoms with Crippen molar-refractivity contribution < 1.29 is 22.4 Å². The van der Waals surface area contributed by atoms with Gasteiger partial charge in [0.2, 0.25) is 11.8 Å². The molecule has 0 saturated carbocycles. The van der Waals surface area contributed by atoms with Gasteiger partial charge in [-0.1, -0.05) is 48.9 Å². The van der Waals surface area contributed by atoms with Crippen molar-refractivity contribution in [1.82, 2.24) is 14.5 Å². The fourth-order valence-corrected chi connectivity index (χ4v) is 4.40. The van der Waals surface area contributed by atoms with Crippen LogP contribution in [-0.2, 0) is 26.3 Å². The number of para-hydroxylation sites is 1. The lowest BCUT2D eigenvalue weighted by atomic mass is 10.1. The topological polar surface area (TPSA) is 90.0 Å². The Morgan fingerprint density at radius 2 is 1.67 bits per heavy atom. The van der Waals surface area contributed by atoms with Crippen molar-refractivity contribution in [2.75, 3.05) is 32.0 Å². The Morgan fingerprint density at radius 1 is 1.06 bits per heavy atom. The fraction of sp³-hybridized carbons (Fsp3) is 0.391. The van der Waals surface area contributed by atoms with Crippen molar-refractivity contribution in [3.8, 4) is 0 Å². The Balaban J connectivity index is 2.50. The molecule has 180 valence electrons. The number of carbonyl (C=O) groups excluding carboxylic acids is 2. The van der Waals surface area contributed by atoms with Crippen molar-refractivity contribution in [2.45, 2.75) is 32.9 Å². The van der Waals surface area contributed by atoms with Crippen LogP contribution in [0.5, 0.6) is 0 Å². The van der Waals surface area contributed by atoms with Crippen LogP contribution in [0.1, 0.15) is 24.5 Å². The third-order valence-corrected chi connectivity index (χ3v) is 7.05. The van der Waals surface area contributed by atoms with Crippen molar-refractivity contribution in [3.63, 3.8) is 0 Å². The Bertz CT molecular complexity index is 1070. The number of rotatable bonds is 10. The van der Waals surface area contributed by atoms with Gasteiger partial charge in [-0.25, -0.2) is 8.70 Å². The summed E-state index contributed by atoms with van der Waals surface area (Å²) in [5.41, 5.74) is 1.57. The van der Waals surface area contributed by atoms with Gasteiger partial charge in [-0.15, -0.1) is 0 Å². The monoisotopic (exact) mass is 478 g/mol. The van der Waals surface area contributed by atoms with Gasteiger partial charge in [0.05, 0.1) is 5.69 Å². The van der Waals surface area contributed by atoms with E-state index in [1.54, 1.807) is 6.92 Å². The molecule has 0 aromatic heterocycles. The zero-order valence-corrected chi connectivity index (χ0v) is 20.4. The lowest BCUT2D eigenvalue weighted by Crippen LogP contribution is -2.53. The van der Waals surface area contributed by atoms with E-state index >= 15 is 0 Å². The maximum atomic E-state index is 14.6. The van der Waals surface area contributed by atoms with E-state index in [4.69, 9.17) is 0 Å². The molecular weight excluding hydrogens is 447 g/mol. The number of amides is 2. The van der Waals surface area contributed by atoms with Gasteiger partial charge < -0.3 is 10.2 Å². The van der Waals surface area contributed by atoms with Gasteiger partial charge >= 0.3 is 10.2 Å². The summed E-state index contributed by atoms with van der Waals surface area (Å²) in [5, 5.41) is 2.56. The zero-order valence-electron chi connectivity index (χ0n) is 19.6. The van der Waals surface area contributed by atoms with Gasteiger partial charge in [0.15, 0.2) is 0 Å². The molecule has 0 spiro atoms. The first-order chi connectivity index (χ1) is 15.5. The van der Waals surface area contributed by atoms with E-state index in [0.29, 0.717) is 6.42 Å². The van der Waals surface area contributed by atoms with E-state index in [-0.39, 0.29) is 18.1 Å². The standard InChI is InChI=1S/C23H31FN4O4S/c1-6-20(23(30)25-3)27(15-18-13-11-17(2)12-14-18)22(29)16-28(33(31,32)26(4)5)21-10-8-7-9-19(21)24/h7-14,20H,6,15-16H2,1-5H3,(H,25,30)/t20-/m1/s1. The first kappa shape index (κ1) is 26.3. The molecule has 2 aromatic carbocycles. The predicted octanol–water partition coefficient (Wildman–Crippen LogP) is 2.30. The molecule has 0 aliphatic heterocycles. The minimum absolute atomic E-state index is 0.0954. The maximum Gasteiger partial charge on any atom is 0.304 e. The van der Waals surface area contributed by atoms with Crippen LogP contribution in [0.4, 0.5) is 10.1 Å². The highest BCUT2D eigenvalue weighted by Crippen LogP contribution is 2.24. The molecule has 1 atom stereocenters. The number of benzene rings is 2. The summed E-state index contributed by atoms with van der Waals surface area (Å²) < 4.78 is 42.2. The van der Waals surface area contributed by atoms with E-state index in [9.17, 15) is 22.4 Å². The number of hydrogen-bond donors (Lipinski definition) is 1. The quantitative estimate of drug-likeness (QED) is 0.568. The first-order valence-corrected chi connectivity index (χ1v) is 11.9. The molecule has 0 aliphatic carbocycles. The summed E-state index contributed by atoms with van der Waals surface area (Å²) in [6.07, 6.45) is 0.317. The van der Waals surface area contributed by atoms with Gasteiger partial charge in [-0.3, -0.25) is 9.59 Å². The summed E-state index contributed by atoms with van der Waals surface area (Å²) in [7, 11) is -0.122. The average Bonchev–Trinajstić information content (AvgIpc) is 2.78. The van der Waals surface area contributed by atoms with E-state index in [1.807, 2.05) is 31.2 Å². The van der Waals surface area contributed by atoms with Crippen molar-refractivity contribution >= 4 is 27.7 Å². The number of aryl methyl sites for hydroxylation is 1. The summed E-state index contributed by atoms with van der Waals surface area (Å²) in [4.78, 5) is 27.4. The van der Waals surface area contributed by atoms with Crippen LogP contribution in [0.3, 0.4) is 0 Å². The molecule has 1 N–H and O–H groups in total. The number of anilines is 1. The van der Waals surface area contributed by atoms with Crippen molar-refractivity contribution in [2.24, 2.45) is 0 Å². The number of hydrogen-bond acceptors (Lipinski definition) is 4. The minimum atomic E-state index is -4.20. The van der Waals surface area contributed by atoms with Gasteiger partial charge in [-0.05, 0) is 31.0 Å². The third kappa shape index (κ3) is 6.29. The molecule has 2 amide bonds. The highest BCUT2D eigenvalue weighted by atomic mass is 32.2. The number of likely N-dealkylation sites (N-methyl/N-ethyl adjacent to an activating group) is 1. The average molecular weight is 479 g/mol. The maximum absolute atomic E-state index is 14.6. The summed E-state index contributed by atoms with van der Waals surface area (Å²) in [6.45, 7) is 3.13. The Hall–Kier alpha value is -2.98. The molecule has 0 saturated heterocycles. The molecule has 0 bridgehead atoms. The number of nitrogens with one attached hydrogen (secondary N) is 1. The molecule has 10 heteroatoms. The van der Waals surface area contributed by atoms with Crippen molar-refractivity contribution in [3.05, 3.63) is 65.5 Å². The molecule has 33 heavy (non-hydrogen) atoms. The Labute approximate surface area is 195 Å². The second-order valence-electron chi connectivity index (χ2n) is 7.79. The van der Waals surface area contributed by atoms with Crippen LogP contribution in [0.2, 0.25) is 0 Å². The van der Waals surface area contributed by atoms with Gasteiger partial charge in [0.25, 0.3) is 0 Å².